The predicted octanol–water partition coefficient (Wildman–Crippen LogP) is 3.09. The van der Waals surface area contributed by atoms with Crippen LogP contribution in [-0.2, 0) is 0 Å². The molecule has 0 aliphatic heterocycles. The zero-order valence-corrected chi connectivity index (χ0v) is 12.5. The fourth-order valence-electron chi connectivity index (χ4n) is 2.51. The zero-order chi connectivity index (χ0) is 17.1. The quantitative estimate of drug-likeness (QED) is 0.694. The first-order valence-electron chi connectivity index (χ1n) is 7.27. The van der Waals surface area contributed by atoms with Crippen molar-refractivity contribution in [2.24, 2.45) is 0 Å². The molecule has 3 aromatic rings. The molecule has 0 saturated carbocycles. The minimum atomic E-state index is -1.38. The first-order chi connectivity index (χ1) is 11.6. The van der Waals surface area contributed by atoms with E-state index in [9.17, 15) is 19.1 Å². The molecule has 118 valence electrons. The van der Waals surface area contributed by atoms with E-state index in [1.807, 2.05) is 0 Å². The number of hydrogen-bond acceptors (Lipinski definition) is 3. The highest BCUT2D eigenvalue weighted by atomic mass is 19.1. The number of carboxylic acid groups (broad SMARTS) is 1. The van der Waals surface area contributed by atoms with Gasteiger partial charge in [0.25, 0.3) is 0 Å². The normalized spacial score (nSPS) is 10.4. The van der Waals surface area contributed by atoms with Crippen molar-refractivity contribution >= 4 is 11.8 Å². The lowest BCUT2D eigenvalue weighted by Crippen LogP contribution is -2.23. The number of carbonyl (C=O) groups is 2. The third kappa shape index (κ3) is 3.08. The number of halogens is 1. The van der Waals surface area contributed by atoms with Gasteiger partial charge in [-0.15, -0.1) is 0 Å². The van der Waals surface area contributed by atoms with E-state index >= 15 is 0 Å². The number of carboxylic acids is 1. The second-order valence-corrected chi connectivity index (χ2v) is 5.25. The smallest absolute Gasteiger partial charge is 0.193 e. The van der Waals surface area contributed by atoms with Crippen LogP contribution < -0.4 is 5.11 Å². The van der Waals surface area contributed by atoms with E-state index in [4.69, 9.17) is 0 Å². The fraction of sp³-hybridized carbons (Fsp3) is 0. The Bertz CT molecular complexity index is 917. The van der Waals surface area contributed by atoms with Crippen molar-refractivity contribution in [1.82, 2.24) is 0 Å². The molecule has 0 atom stereocenters. The number of rotatable bonds is 4. The lowest BCUT2D eigenvalue weighted by molar-refractivity contribution is -0.254. The summed E-state index contributed by atoms with van der Waals surface area (Å²) in [4.78, 5) is 23.9. The van der Waals surface area contributed by atoms with Crippen LogP contribution in [0.25, 0.3) is 11.1 Å². The van der Waals surface area contributed by atoms with Crippen LogP contribution in [0.1, 0.15) is 26.3 Å². The Morgan fingerprint density at radius 3 is 2.21 bits per heavy atom. The van der Waals surface area contributed by atoms with Gasteiger partial charge in [0, 0.05) is 16.7 Å². The molecule has 0 spiro atoms. The SMILES string of the molecule is O=C(c1ccccc1)c1ccc(C(=O)[O-])c(-c2cccc(F)c2)c1. The average molecular weight is 319 g/mol. The monoisotopic (exact) mass is 319 g/mol. The standard InChI is InChI=1S/C20H13FO3/c21-16-8-4-7-14(11-16)18-12-15(9-10-17(18)20(23)24)19(22)13-5-2-1-3-6-13/h1-12H,(H,23,24)/p-1. The van der Waals surface area contributed by atoms with Crippen LogP contribution in [0.3, 0.4) is 0 Å². The molecule has 0 unspecified atom stereocenters. The number of hydrogen-bond donors (Lipinski definition) is 0. The largest absolute Gasteiger partial charge is 0.545 e. The maximum Gasteiger partial charge on any atom is 0.193 e. The second kappa shape index (κ2) is 6.46. The van der Waals surface area contributed by atoms with Gasteiger partial charge in [-0.1, -0.05) is 54.6 Å². The molecular formula is C20H12FO3-. The molecule has 0 amide bonds. The first-order valence-corrected chi connectivity index (χ1v) is 7.27. The maximum atomic E-state index is 13.5. The van der Waals surface area contributed by atoms with Gasteiger partial charge < -0.3 is 9.90 Å². The Labute approximate surface area is 138 Å². The number of carbonyl (C=O) groups excluding carboxylic acids is 2. The molecule has 0 aliphatic rings. The van der Waals surface area contributed by atoms with Crippen LogP contribution >= 0.6 is 0 Å². The third-order valence-electron chi connectivity index (χ3n) is 3.67. The van der Waals surface area contributed by atoms with E-state index in [-0.39, 0.29) is 16.9 Å². The molecule has 3 aromatic carbocycles. The lowest BCUT2D eigenvalue weighted by atomic mass is 9.94. The Balaban J connectivity index is 2.13. The highest BCUT2D eigenvalue weighted by Crippen LogP contribution is 2.26. The lowest BCUT2D eigenvalue weighted by Gasteiger charge is -2.13. The van der Waals surface area contributed by atoms with Gasteiger partial charge in [-0.2, -0.15) is 0 Å². The Morgan fingerprint density at radius 2 is 1.54 bits per heavy atom. The highest BCUT2D eigenvalue weighted by molar-refractivity contribution is 6.10. The summed E-state index contributed by atoms with van der Waals surface area (Å²) in [6.07, 6.45) is 0. The predicted molar refractivity (Wildman–Crippen MR) is 86.0 cm³/mol. The molecule has 3 rings (SSSR count). The van der Waals surface area contributed by atoms with Gasteiger partial charge in [-0.25, -0.2) is 4.39 Å². The van der Waals surface area contributed by atoms with Crippen LogP contribution in [-0.4, -0.2) is 11.8 Å². The molecular weight excluding hydrogens is 307 g/mol. The van der Waals surface area contributed by atoms with E-state index in [0.717, 1.165) is 0 Å². The first kappa shape index (κ1) is 15.6. The highest BCUT2D eigenvalue weighted by Gasteiger charge is 2.13. The summed E-state index contributed by atoms with van der Waals surface area (Å²) in [6.45, 7) is 0. The fourth-order valence-corrected chi connectivity index (χ4v) is 2.51. The summed E-state index contributed by atoms with van der Waals surface area (Å²) in [5, 5.41) is 11.3. The molecule has 4 heteroatoms. The van der Waals surface area contributed by atoms with Crippen molar-refractivity contribution in [3.8, 4) is 11.1 Å². The molecule has 0 radical (unpaired) electrons. The molecule has 3 nitrogen and oxygen atoms in total. The van der Waals surface area contributed by atoms with Crippen LogP contribution in [0, 0.1) is 5.82 Å². The van der Waals surface area contributed by atoms with Crippen molar-refractivity contribution in [2.75, 3.05) is 0 Å². The second-order valence-electron chi connectivity index (χ2n) is 5.25. The van der Waals surface area contributed by atoms with Gasteiger partial charge in [0.05, 0.1) is 5.97 Å². The molecule has 0 aromatic heterocycles. The number of aromatic carboxylic acids is 1. The minimum absolute atomic E-state index is 0.0924. The van der Waals surface area contributed by atoms with E-state index in [2.05, 4.69) is 0 Å². The molecule has 0 bridgehead atoms. The maximum absolute atomic E-state index is 13.5. The van der Waals surface area contributed by atoms with Crippen molar-refractivity contribution in [2.45, 2.75) is 0 Å². The van der Waals surface area contributed by atoms with E-state index in [0.29, 0.717) is 16.7 Å². The number of ketones is 1. The van der Waals surface area contributed by atoms with Crippen LogP contribution in [0.5, 0.6) is 0 Å². The van der Waals surface area contributed by atoms with E-state index in [1.54, 1.807) is 36.4 Å². The summed E-state index contributed by atoms with van der Waals surface area (Å²) < 4.78 is 13.5. The van der Waals surface area contributed by atoms with E-state index < -0.39 is 11.8 Å². The summed E-state index contributed by atoms with van der Waals surface area (Å²) in [6, 6.07) is 18.4. The van der Waals surface area contributed by atoms with Gasteiger partial charge in [0.15, 0.2) is 5.78 Å². The Hall–Kier alpha value is -3.27. The van der Waals surface area contributed by atoms with Crippen LogP contribution in [0.15, 0.2) is 72.8 Å². The summed E-state index contributed by atoms with van der Waals surface area (Å²) in [5.41, 5.74) is 1.34. The summed E-state index contributed by atoms with van der Waals surface area (Å²) in [5.74, 6) is -2.11. The van der Waals surface area contributed by atoms with Crippen molar-refractivity contribution in [1.29, 1.82) is 0 Å². The molecule has 0 saturated heterocycles. The molecule has 0 aliphatic carbocycles. The van der Waals surface area contributed by atoms with Gasteiger partial charge in [-0.3, -0.25) is 4.79 Å². The van der Waals surface area contributed by atoms with Crippen LogP contribution in [0.4, 0.5) is 4.39 Å². The molecule has 0 N–H and O–H groups in total. The third-order valence-corrected chi connectivity index (χ3v) is 3.67. The summed E-state index contributed by atoms with van der Waals surface area (Å²) >= 11 is 0. The van der Waals surface area contributed by atoms with Gasteiger partial charge >= 0.3 is 0 Å². The van der Waals surface area contributed by atoms with Crippen molar-refractivity contribution < 1.29 is 19.1 Å². The molecule has 0 heterocycles. The molecule has 24 heavy (non-hydrogen) atoms. The van der Waals surface area contributed by atoms with Crippen LogP contribution in [0.2, 0.25) is 0 Å². The topological polar surface area (TPSA) is 57.2 Å². The zero-order valence-electron chi connectivity index (χ0n) is 12.5. The van der Waals surface area contributed by atoms with Crippen molar-refractivity contribution in [3.05, 3.63) is 95.3 Å². The molecule has 0 fully saturated rings. The summed E-state index contributed by atoms with van der Waals surface area (Å²) in [7, 11) is 0. The minimum Gasteiger partial charge on any atom is -0.545 e. The Morgan fingerprint density at radius 1 is 0.792 bits per heavy atom. The number of benzene rings is 3. The Kier molecular flexibility index (Phi) is 4.20. The average Bonchev–Trinajstić information content (AvgIpc) is 2.61. The van der Waals surface area contributed by atoms with Crippen molar-refractivity contribution in [3.63, 3.8) is 0 Å². The van der Waals surface area contributed by atoms with Gasteiger partial charge in [0.1, 0.15) is 5.82 Å². The van der Waals surface area contributed by atoms with E-state index in [1.165, 1.54) is 36.4 Å². The van der Waals surface area contributed by atoms with Gasteiger partial charge in [-0.05, 0) is 29.3 Å². The van der Waals surface area contributed by atoms with Gasteiger partial charge in [0.2, 0.25) is 0 Å².